The highest BCUT2D eigenvalue weighted by Gasteiger charge is 2.26. The Balaban J connectivity index is 1.41. The zero-order chi connectivity index (χ0) is 27.6. The summed E-state index contributed by atoms with van der Waals surface area (Å²) in [5, 5.41) is 10.1. The molecule has 11 nitrogen and oxygen atoms in total. The van der Waals surface area contributed by atoms with Gasteiger partial charge in [-0.15, -0.1) is 0 Å². The molecule has 0 radical (unpaired) electrons. The van der Waals surface area contributed by atoms with E-state index < -0.39 is 10.0 Å². The van der Waals surface area contributed by atoms with Crippen LogP contribution in [0.3, 0.4) is 0 Å². The van der Waals surface area contributed by atoms with E-state index in [1.54, 1.807) is 20.2 Å². The van der Waals surface area contributed by atoms with Gasteiger partial charge in [0.15, 0.2) is 0 Å². The topological polar surface area (TPSA) is 121 Å². The molecule has 2 aliphatic heterocycles. The van der Waals surface area contributed by atoms with Crippen LogP contribution >= 0.6 is 0 Å². The average molecular weight is 554 g/mol. The Bertz CT molecular complexity index is 1440. The van der Waals surface area contributed by atoms with Crippen LogP contribution in [0.4, 0.5) is 34.6 Å². The van der Waals surface area contributed by atoms with E-state index in [1.807, 2.05) is 30.3 Å². The summed E-state index contributed by atoms with van der Waals surface area (Å²) in [6.45, 7) is 6.37. The molecule has 1 unspecified atom stereocenters. The molecule has 0 bridgehead atoms. The maximum absolute atomic E-state index is 12.2. The molecular weight excluding hydrogens is 518 g/mol. The number of morpholine rings is 1. The molecule has 208 valence electrons. The second-order valence-corrected chi connectivity index (χ2v) is 11.8. The number of aromatic nitrogens is 2. The van der Waals surface area contributed by atoms with Gasteiger partial charge >= 0.3 is 0 Å². The van der Waals surface area contributed by atoms with Gasteiger partial charge in [-0.25, -0.2) is 8.42 Å². The highest BCUT2D eigenvalue weighted by molar-refractivity contribution is 7.92. The van der Waals surface area contributed by atoms with E-state index in [0.717, 1.165) is 48.0 Å². The molecule has 2 aliphatic rings. The number of anilines is 6. The fourth-order valence-corrected chi connectivity index (χ4v) is 5.40. The van der Waals surface area contributed by atoms with Gasteiger partial charge in [0.25, 0.3) is 0 Å². The van der Waals surface area contributed by atoms with E-state index in [-0.39, 0.29) is 5.92 Å². The molecule has 2 aromatic carbocycles. The van der Waals surface area contributed by atoms with Crippen LogP contribution < -0.4 is 29.9 Å². The van der Waals surface area contributed by atoms with Crippen molar-refractivity contribution in [2.45, 2.75) is 19.4 Å². The number of nitrogens with zero attached hydrogens (tertiary/aromatic N) is 4. The Morgan fingerprint density at radius 3 is 2.69 bits per heavy atom. The van der Waals surface area contributed by atoms with Crippen molar-refractivity contribution in [1.82, 2.24) is 9.97 Å². The lowest BCUT2D eigenvalue weighted by Gasteiger charge is -2.29. The molecule has 1 fully saturated rings. The van der Waals surface area contributed by atoms with E-state index in [0.29, 0.717) is 43.0 Å². The number of ether oxygens (including phenoxy) is 2. The molecule has 0 spiro atoms. The molecule has 0 saturated carbocycles. The predicted molar refractivity (Wildman–Crippen MR) is 155 cm³/mol. The normalized spacial score (nSPS) is 16.8. The van der Waals surface area contributed by atoms with Gasteiger partial charge < -0.3 is 30.3 Å². The van der Waals surface area contributed by atoms with Crippen molar-refractivity contribution in [2.75, 3.05) is 78.4 Å². The monoisotopic (exact) mass is 553 g/mol. The van der Waals surface area contributed by atoms with Crippen molar-refractivity contribution in [2.24, 2.45) is 0 Å². The quantitative estimate of drug-likeness (QED) is 0.362. The molecule has 12 heteroatoms. The first-order chi connectivity index (χ1) is 18.7. The Hall–Kier alpha value is -3.77. The summed E-state index contributed by atoms with van der Waals surface area (Å²) >= 11 is 0. The number of benzene rings is 2. The molecule has 0 amide bonds. The van der Waals surface area contributed by atoms with Crippen LogP contribution in [0.25, 0.3) is 0 Å². The summed E-state index contributed by atoms with van der Waals surface area (Å²) in [5.41, 5.74) is 4.29. The van der Waals surface area contributed by atoms with Crippen LogP contribution in [0.1, 0.15) is 24.0 Å². The van der Waals surface area contributed by atoms with Crippen molar-refractivity contribution in [3.63, 3.8) is 0 Å². The molecule has 1 aromatic heterocycles. The Morgan fingerprint density at radius 2 is 1.95 bits per heavy atom. The third kappa shape index (κ3) is 5.81. The van der Waals surface area contributed by atoms with Crippen LogP contribution in [0.5, 0.6) is 5.75 Å². The molecular formula is C27H35N7O4S. The zero-order valence-electron chi connectivity index (χ0n) is 22.7. The maximum atomic E-state index is 12.2. The number of rotatable bonds is 9. The average Bonchev–Trinajstić information content (AvgIpc) is 3.32. The highest BCUT2D eigenvalue weighted by atomic mass is 32.2. The minimum atomic E-state index is -3.40. The van der Waals surface area contributed by atoms with Crippen molar-refractivity contribution < 1.29 is 17.9 Å². The summed E-state index contributed by atoms with van der Waals surface area (Å²) in [7, 11) is -0.194. The SMILES string of the molecule is COc1cc(N2CCOCC2)ccc1Nc1nc(NCc2ccccc2N(C)S(C)(=O)=O)c2c(n1)NCC2C. The molecule has 1 saturated heterocycles. The first-order valence-corrected chi connectivity index (χ1v) is 14.8. The number of methoxy groups -OCH3 is 1. The summed E-state index contributed by atoms with van der Waals surface area (Å²) in [6.07, 6.45) is 1.20. The van der Waals surface area contributed by atoms with Crippen molar-refractivity contribution >= 4 is 44.7 Å². The van der Waals surface area contributed by atoms with Crippen LogP contribution in [0.2, 0.25) is 0 Å². The molecule has 0 aliphatic carbocycles. The van der Waals surface area contributed by atoms with Gasteiger partial charge in [0.05, 0.1) is 38.0 Å². The first-order valence-electron chi connectivity index (χ1n) is 12.9. The molecule has 1 atom stereocenters. The van der Waals surface area contributed by atoms with Gasteiger partial charge in [-0.05, 0) is 23.8 Å². The summed E-state index contributed by atoms with van der Waals surface area (Å²) in [5.74, 6) is 2.80. The minimum Gasteiger partial charge on any atom is -0.494 e. The van der Waals surface area contributed by atoms with Crippen molar-refractivity contribution in [3.05, 3.63) is 53.6 Å². The largest absolute Gasteiger partial charge is 0.494 e. The van der Waals surface area contributed by atoms with Crippen LogP contribution in [0.15, 0.2) is 42.5 Å². The number of nitrogens with one attached hydrogen (secondary N) is 3. The first kappa shape index (κ1) is 26.8. The van der Waals surface area contributed by atoms with Gasteiger partial charge in [-0.1, -0.05) is 25.1 Å². The molecule has 3 heterocycles. The lowest BCUT2D eigenvalue weighted by atomic mass is 10.1. The number of hydrogen-bond acceptors (Lipinski definition) is 10. The van der Waals surface area contributed by atoms with Crippen molar-refractivity contribution in [3.8, 4) is 5.75 Å². The summed E-state index contributed by atoms with van der Waals surface area (Å²) in [6, 6.07) is 13.5. The van der Waals surface area contributed by atoms with E-state index in [9.17, 15) is 8.42 Å². The number of para-hydroxylation sites is 1. The van der Waals surface area contributed by atoms with E-state index in [1.165, 1.54) is 10.6 Å². The Labute approximate surface area is 229 Å². The van der Waals surface area contributed by atoms with Gasteiger partial charge in [0, 0.05) is 56.5 Å². The molecule has 3 aromatic rings. The maximum Gasteiger partial charge on any atom is 0.232 e. The third-order valence-corrected chi connectivity index (χ3v) is 8.29. The lowest BCUT2D eigenvalue weighted by Crippen LogP contribution is -2.36. The van der Waals surface area contributed by atoms with Crippen LogP contribution in [-0.4, -0.2) is 71.6 Å². The second kappa shape index (κ2) is 11.1. The second-order valence-electron chi connectivity index (χ2n) is 9.76. The van der Waals surface area contributed by atoms with Gasteiger partial charge in [0.2, 0.25) is 16.0 Å². The fraction of sp³-hybridized carbons (Fsp3) is 0.407. The standard InChI is InChI=1S/C27H35N7O4S/c1-18-16-28-25-24(18)26(29-17-19-7-5-6-8-22(19)33(2)39(4,35)36)32-27(31-25)30-21-10-9-20(15-23(21)37-3)34-11-13-38-14-12-34/h5-10,15,18H,11-14,16-17H2,1-4H3,(H3,28,29,30,31,32). The number of fused-ring (bicyclic) bond motifs is 1. The molecule has 39 heavy (non-hydrogen) atoms. The van der Waals surface area contributed by atoms with Gasteiger partial charge in [-0.3, -0.25) is 4.31 Å². The lowest BCUT2D eigenvalue weighted by molar-refractivity contribution is 0.122. The minimum absolute atomic E-state index is 0.216. The zero-order valence-corrected chi connectivity index (χ0v) is 23.5. The Kier molecular flexibility index (Phi) is 7.67. The van der Waals surface area contributed by atoms with Crippen LogP contribution in [-0.2, 0) is 21.3 Å². The number of hydrogen-bond donors (Lipinski definition) is 3. The van der Waals surface area contributed by atoms with Gasteiger partial charge in [0.1, 0.15) is 17.4 Å². The fourth-order valence-electron chi connectivity index (χ4n) is 4.86. The van der Waals surface area contributed by atoms with Crippen LogP contribution in [0, 0.1) is 0 Å². The smallest absolute Gasteiger partial charge is 0.232 e. The summed E-state index contributed by atoms with van der Waals surface area (Å²) in [4.78, 5) is 11.8. The summed E-state index contributed by atoms with van der Waals surface area (Å²) < 4.78 is 36.8. The van der Waals surface area contributed by atoms with E-state index in [2.05, 4.69) is 33.8 Å². The van der Waals surface area contributed by atoms with E-state index in [4.69, 9.17) is 19.4 Å². The van der Waals surface area contributed by atoms with Crippen molar-refractivity contribution in [1.29, 1.82) is 0 Å². The molecule has 3 N–H and O–H groups in total. The third-order valence-electron chi connectivity index (χ3n) is 7.10. The highest BCUT2D eigenvalue weighted by Crippen LogP contribution is 2.38. The van der Waals surface area contributed by atoms with E-state index >= 15 is 0 Å². The Morgan fingerprint density at radius 1 is 1.18 bits per heavy atom. The predicted octanol–water partition coefficient (Wildman–Crippen LogP) is 3.60. The molecule has 5 rings (SSSR count). The number of sulfonamides is 1. The van der Waals surface area contributed by atoms with Gasteiger partial charge in [-0.2, -0.15) is 9.97 Å².